The molecular formula is C12H14O4. The molecule has 0 amide bonds. The van der Waals surface area contributed by atoms with Gasteiger partial charge in [0, 0.05) is 11.6 Å². The van der Waals surface area contributed by atoms with Gasteiger partial charge in [-0.3, -0.25) is 0 Å². The average molecular weight is 222 g/mol. The Bertz CT molecular complexity index is 396. The second-order valence-corrected chi connectivity index (χ2v) is 3.01. The van der Waals surface area contributed by atoms with Gasteiger partial charge in [0.15, 0.2) is 0 Å². The normalized spacial score (nSPS) is 10.4. The van der Waals surface area contributed by atoms with Crippen LogP contribution in [0.25, 0.3) is 6.08 Å². The van der Waals surface area contributed by atoms with E-state index in [1.165, 1.54) is 25.3 Å². The Kier molecular flexibility index (Phi) is 4.39. The summed E-state index contributed by atoms with van der Waals surface area (Å²) in [6.07, 6.45) is 2.74. The van der Waals surface area contributed by atoms with Crippen LogP contribution in [0.15, 0.2) is 24.3 Å². The fourth-order valence-electron chi connectivity index (χ4n) is 1.14. The minimum Gasteiger partial charge on any atom is -0.507 e. The van der Waals surface area contributed by atoms with Gasteiger partial charge in [-0.05, 0) is 31.2 Å². The van der Waals surface area contributed by atoms with Crippen molar-refractivity contribution in [3.8, 4) is 11.5 Å². The van der Waals surface area contributed by atoms with Gasteiger partial charge in [0.25, 0.3) is 0 Å². The topological polar surface area (TPSA) is 55.8 Å². The van der Waals surface area contributed by atoms with Gasteiger partial charge in [-0.15, -0.1) is 0 Å². The minimum atomic E-state index is -0.440. The van der Waals surface area contributed by atoms with Crippen molar-refractivity contribution >= 4 is 12.0 Å². The molecule has 0 bridgehead atoms. The molecule has 0 fully saturated rings. The summed E-state index contributed by atoms with van der Waals surface area (Å²) in [5.41, 5.74) is 0.507. The Balaban J connectivity index is 2.83. The Morgan fingerprint density at radius 3 is 2.88 bits per heavy atom. The maximum absolute atomic E-state index is 11.1. The molecule has 0 aliphatic carbocycles. The lowest BCUT2D eigenvalue weighted by atomic mass is 10.2. The summed E-state index contributed by atoms with van der Waals surface area (Å²) in [5.74, 6) is 0.257. The van der Waals surface area contributed by atoms with Crippen molar-refractivity contribution in [2.24, 2.45) is 0 Å². The number of benzene rings is 1. The van der Waals surface area contributed by atoms with Crippen molar-refractivity contribution in [3.05, 3.63) is 29.8 Å². The number of phenolic OH excluding ortho intramolecular Hbond substituents is 1. The van der Waals surface area contributed by atoms with E-state index in [1.54, 1.807) is 19.1 Å². The van der Waals surface area contributed by atoms with Crippen LogP contribution < -0.4 is 4.74 Å². The summed E-state index contributed by atoms with van der Waals surface area (Å²) >= 11 is 0. The largest absolute Gasteiger partial charge is 0.507 e. The summed E-state index contributed by atoms with van der Waals surface area (Å²) < 4.78 is 9.72. The van der Waals surface area contributed by atoms with Gasteiger partial charge in [0.2, 0.25) is 0 Å². The van der Waals surface area contributed by atoms with Gasteiger partial charge >= 0.3 is 5.97 Å². The lowest BCUT2D eigenvalue weighted by Gasteiger charge is -2.03. The first kappa shape index (κ1) is 12.1. The number of methoxy groups -OCH3 is 1. The van der Waals surface area contributed by atoms with Gasteiger partial charge in [-0.1, -0.05) is 0 Å². The highest BCUT2D eigenvalue weighted by atomic mass is 16.5. The van der Waals surface area contributed by atoms with E-state index in [4.69, 9.17) is 9.47 Å². The molecule has 0 aromatic heterocycles. The zero-order valence-electron chi connectivity index (χ0n) is 9.27. The molecule has 1 aromatic rings. The quantitative estimate of drug-likeness (QED) is 0.625. The Morgan fingerprint density at radius 2 is 2.25 bits per heavy atom. The molecule has 86 valence electrons. The number of ether oxygens (including phenoxy) is 2. The molecule has 1 rings (SSSR count). The van der Waals surface area contributed by atoms with Crippen LogP contribution in [-0.2, 0) is 9.53 Å². The summed E-state index contributed by atoms with van der Waals surface area (Å²) in [5, 5.41) is 9.51. The first-order chi connectivity index (χ1) is 7.67. The standard InChI is InChI=1S/C12H14O4/c1-3-16-12(14)7-4-9-8-10(15-2)5-6-11(9)13/h4-8,13H,3H2,1-2H3/b7-4+. The molecule has 4 nitrogen and oxygen atoms in total. The smallest absolute Gasteiger partial charge is 0.330 e. The Labute approximate surface area is 94.1 Å². The molecule has 1 aromatic carbocycles. The number of aromatic hydroxyl groups is 1. The molecule has 0 heterocycles. The fraction of sp³-hybridized carbons (Fsp3) is 0.250. The molecular weight excluding hydrogens is 208 g/mol. The molecule has 0 saturated carbocycles. The zero-order chi connectivity index (χ0) is 12.0. The number of carbonyl (C=O) groups excluding carboxylic acids is 1. The van der Waals surface area contributed by atoms with E-state index < -0.39 is 5.97 Å². The minimum absolute atomic E-state index is 0.0846. The van der Waals surface area contributed by atoms with E-state index in [0.29, 0.717) is 17.9 Å². The van der Waals surface area contributed by atoms with Crippen LogP contribution in [0.1, 0.15) is 12.5 Å². The number of hydrogen-bond acceptors (Lipinski definition) is 4. The fourth-order valence-corrected chi connectivity index (χ4v) is 1.14. The van der Waals surface area contributed by atoms with Crippen LogP contribution in [0, 0.1) is 0 Å². The summed E-state index contributed by atoms with van der Waals surface area (Å²) in [7, 11) is 1.53. The first-order valence-electron chi connectivity index (χ1n) is 4.89. The maximum atomic E-state index is 11.1. The molecule has 0 aliphatic rings. The molecule has 0 radical (unpaired) electrons. The van der Waals surface area contributed by atoms with Crippen LogP contribution in [-0.4, -0.2) is 24.8 Å². The molecule has 0 spiro atoms. The van der Waals surface area contributed by atoms with Crippen molar-refractivity contribution in [1.82, 2.24) is 0 Å². The highest BCUT2D eigenvalue weighted by molar-refractivity contribution is 5.87. The lowest BCUT2D eigenvalue weighted by molar-refractivity contribution is -0.137. The van der Waals surface area contributed by atoms with E-state index in [9.17, 15) is 9.90 Å². The highest BCUT2D eigenvalue weighted by Gasteiger charge is 2.01. The highest BCUT2D eigenvalue weighted by Crippen LogP contribution is 2.23. The van der Waals surface area contributed by atoms with Crippen molar-refractivity contribution in [2.75, 3.05) is 13.7 Å². The van der Waals surface area contributed by atoms with Crippen LogP contribution in [0.3, 0.4) is 0 Å². The van der Waals surface area contributed by atoms with Crippen LogP contribution >= 0.6 is 0 Å². The Hall–Kier alpha value is -1.97. The third-order valence-corrected chi connectivity index (χ3v) is 1.92. The van der Waals surface area contributed by atoms with E-state index in [2.05, 4.69) is 0 Å². The van der Waals surface area contributed by atoms with Crippen LogP contribution in [0.4, 0.5) is 0 Å². The van der Waals surface area contributed by atoms with E-state index in [-0.39, 0.29) is 5.75 Å². The van der Waals surface area contributed by atoms with Gasteiger partial charge in [-0.25, -0.2) is 4.79 Å². The monoisotopic (exact) mass is 222 g/mol. The number of carbonyl (C=O) groups is 1. The number of esters is 1. The molecule has 0 aliphatic heterocycles. The van der Waals surface area contributed by atoms with Crippen LogP contribution in [0.2, 0.25) is 0 Å². The van der Waals surface area contributed by atoms with Gasteiger partial charge in [0.05, 0.1) is 13.7 Å². The maximum Gasteiger partial charge on any atom is 0.330 e. The SMILES string of the molecule is CCOC(=O)/C=C/c1cc(OC)ccc1O. The van der Waals surface area contributed by atoms with Crippen molar-refractivity contribution in [3.63, 3.8) is 0 Å². The zero-order valence-corrected chi connectivity index (χ0v) is 9.27. The van der Waals surface area contributed by atoms with Crippen molar-refractivity contribution in [2.45, 2.75) is 6.92 Å². The molecule has 0 unspecified atom stereocenters. The molecule has 4 heteroatoms. The van der Waals surface area contributed by atoms with Crippen molar-refractivity contribution < 1.29 is 19.4 Å². The van der Waals surface area contributed by atoms with E-state index in [1.807, 2.05) is 0 Å². The van der Waals surface area contributed by atoms with Crippen molar-refractivity contribution in [1.29, 1.82) is 0 Å². The van der Waals surface area contributed by atoms with Gasteiger partial charge in [-0.2, -0.15) is 0 Å². The number of phenols is 1. The average Bonchev–Trinajstić information content (AvgIpc) is 2.28. The first-order valence-corrected chi connectivity index (χ1v) is 4.89. The summed E-state index contributed by atoms with van der Waals surface area (Å²) in [4.78, 5) is 11.1. The third-order valence-electron chi connectivity index (χ3n) is 1.92. The second-order valence-electron chi connectivity index (χ2n) is 3.01. The van der Waals surface area contributed by atoms with E-state index in [0.717, 1.165) is 0 Å². The number of hydrogen-bond donors (Lipinski definition) is 1. The molecule has 0 atom stereocenters. The third kappa shape index (κ3) is 3.31. The lowest BCUT2D eigenvalue weighted by Crippen LogP contribution is -1.98. The van der Waals surface area contributed by atoms with E-state index >= 15 is 0 Å². The molecule has 1 N–H and O–H groups in total. The summed E-state index contributed by atoms with van der Waals surface area (Å²) in [6, 6.07) is 4.77. The Morgan fingerprint density at radius 1 is 1.50 bits per heavy atom. The predicted molar refractivity (Wildman–Crippen MR) is 60.3 cm³/mol. The second kappa shape index (κ2) is 5.80. The van der Waals surface area contributed by atoms with Gasteiger partial charge < -0.3 is 14.6 Å². The number of rotatable bonds is 4. The summed E-state index contributed by atoms with van der Waals surface area (Å²) in [6.45, 7) is 2.06. The predicted octanol–water partition coefficient (Wildman–Crippen LogP) is 1.98. The molecule has 16 heavy (non-hydrogen) atoms. The molecule has 0 saturated heterocycles. The van der Waals surface area contributed by atoms with Crippen LogP contribution in [0.5, 0.6) is 11.5 Å². The van der Waals surface area contributed by atoms with Gasteiger partial charge in [0.1, 0.15) is 11.5 Å².